The number of nitrogens with zero attached hydrogens (tertiary/aromatic N) is 2. The highest BCUT2D eigenvalue weighted by Crippen LogP contribution is 2.28. The van der Waals surface area contributed by atoms with E-state index in [0.29, 0.717) is 5.82 Å². The van der Waals surface area contributed by atoms with Crippen molar-refractivity contribution < 1.29 is 9.59 Å². The van der Waals surface area contributed by atoms with Crippen LogP contribution in [0.4, 0.5) is 11.8 Å². The van der Waals surface area contributed by atoms with Crippen molar-refractivity contribution in [3.8, 4) is 0 Å². The summed E-state index contributed by atoms with van der Waals surface area (Å²) in [4.78, 5) is 33.5. The molecule has 0 unspecified atom stereocenters. The van der Waals surface area contributed by atoms with E-state index in [1.165, 1.54) is 0 Å². The van der Waals surface area contributed by atoms with Gasteiger partial charge in [-0.2, -0.15) is 4.98 Å². The van der Waals surface area contributed by atoms with Gasteiger partial charge in [0.05, 0.1) is 5.69 Å². The summed E-state index contributed by atoms with van der Waals surface area (Å²) in [5.74, 6) is 0.553. The third-order valence-electron chi connectivity index (χ3n) is 4.00. The Kier molecular flexibility index (Phi) is 4.97. The summed E-state index contributed by atoms with van der Waals surface area (Å²) in [6.45, 7) is 11.1. The van der Waals surface area contributed by atoms with Gasteiger partial charge in [-0.1, -0.05) is 41.5 Å². The van der Waals surface area contributed by atoms with Gasteiger partial charge in [-0.25, -0.2) is 4.98 Å². The molecule has 1 heterocycles. The average molecular weight is 332 g/mol. The van der Waals surface area contributed by atoms with Gasteiger partial charge in [-0.3, -0.25) is 14.9 Å². The largest absolute Gasteiger partial charge is 0.310 e. The summed E-state index contributed by atoms with van der Waals surface area (Å²) in [6, 6.07) is 0. The molecule has 1 aromatic rings. The average Bonchev–Trinajstić information content (AvgIpc) is 2.45. The summed E-state index contributed by atoms with van der Waals surface area (Å²) >= 11 is 0. The van der Waals surface area contributed by atoms with Gasteiger partial charge in [-0.15, -0.1) is 0 Å². The molecule has 0 spiro atoms. The summed E-state index contributed by atoms with van der Waals surface area (Å²) < 4.78 is 0. The maximum Gasteiger partial charge on any atom is 0.232 e. The van der Waals surface area contributed by atoms with E-state index >= 15 is 0 Å². The van der Waals surface area contributed by atoms with Gasteiger partial charge in [0.15, 0.2) is 0 Å². The third-order valence-corrected chi connectivity index (χ3v) is 4.00. The zero-order valence-electron chi connectivity index (χ0n) is 15.5. The van der Waals surface area contributed by atoms with E-state index in [0.717, 1.165) is 36.9 Å². The summed E-state index contributed by atoms with van der Waals surface area (Å²) in [5, 5.41) is 5.69. The molecule has 1 aliphatic carbocycles. The number of hydrogen-bond acceptors (Lipinski definition) is 4. The van der Waals surface area contributed by atoms with Crippen LogP contribution in [0.5, 0.6) is 0 Å². The fraction of sp³-hybridized carbons (Fsp3) is 0.667. The minimum absolute atomic E-state index is 0.0953. The van der Waals surface area contributed by atoms with Crippen molar-refractivity contribution in [2.24, 2.45) is 10.8 Å². The number of carbonyl (C=O) groups is 2. The number of carbonyl (C=O) groups excluding carboxylic acids is 2. The smallest absolute Gasteiger partial charge is 0.232 e. The molecule has 0 saturated heterocycles. The number of nitrogens with one attached hydrogen (secondary N) is 2. The van der Waals surface area contributed by atoms with Crippen LogP contribution in [0, 0.1) is 10.8 Å². The molecule has 0 bridgehead atoms. The van der Waals surface area contributed by atoms with Crippen molar-refractivity contribution in [3.63, 3.8) is 0 Å². The second-order valence-electron chi connectivity index (χ2n) is 8.44. The lowest BCUT2D eigenvalue weighted by molar-refractivity contribution is -0.123. The lowest BCUT2D eigenvalue weighted by atomic mass is 9.94. The number of aryl methyl sites for hydroxylation is 1. The third kappa shape index (κ3) is 4.30. The molecular weight excluding hydrogens is 304 g/mol. The number of aromatic nitrogens is 2. The molecular formula is C18H28N4O2. The van der Waals surface area contributed by atoms with E-state index in [-0.39, 0.29) is 17.8 Å². The van der Waals surface area contributed by atoms with Crippen molar-refractivity contribution in [1.29, 1.82) is 0 Å². The normalized spacial score (nSPS) is 14.8. The number of anilines is 2. The Balaban J connectivity index is 2.36. The standard InChI is InChI=1S/C18H28N4O2/c1-17(2,3)14(23)20-13-11-9-7-8-10-12(11)19-16(21-13)22-15(24)18(4,5)6/h7-10H2,1-6H3,(H2,19,20,21,22,23,24). The van der Waals surface area contributed by atoms with Crippen LogP contribution < -0.4 is 10.6 Å². The predicted octanol–water partition coefficient (Wildman–Crippen LogP) is 3.32. The molecule has 1 aliphatic rings. The van der Waals surface area contributed by atoms with Crippen LogP contribution in [0.3, 0.4) is 0 Å². The second kappa shape index (κ2) is 6.49. The molecule has 0 atom stereocenters. The van der Waals surface area contributed by atoms with E-state index < -0.39 is 10.8 Å². The Morgan fingerprint density at radius 2 is 1.38 bits per heavy atom. The van der Waals surface area contributed by atoms with Crippen LogP contribution >= 0.6 is 0 Å². The molecule has 0 radical (unpaired) electrons. The van der Waals surface area contributed by atoms with Crippen LogP contribution in [0.2, 0.25) is 0 Å². The molecule has 0 fully saturated rings. The Hall–Kier alpha value is -1.98. The molecule has 2 N–H and O–H groups in total. The van der Waals surface area contributed by atoms with Gasteiger partial charge in [-0.05, 0) is 25.7 Å². The van der Waals surface area contributed by atoms with Crippen molar-refractivity contribution in [2.75, 3.05) is 10.6 Å². The molecule has 6 nitrogen and oxygen atoms in total. The van der Waals surface area contributed by atoms with Gasteiger partial charge in [0.25, 0.3) is 0 Å². The van der Waals surface area contributed by atoms with Crippen LogP contribution in [0.25, 0.3) is 0 Å². The quantitative estimate of drug-likeness (QED) is 0.870. The highest BCUT2D eigenvalue weighted by molar-refractivity contribution is 5.95. The Bertz CT molecular complexity index is 654. The van der Waals surface area contributed by atoms with Crippen LogP contribution in [-0.2, 0) is 22.4 Å². The summed E-state index contributed by atoms with van der Waals surface area (Å²) in [5.41, 5.74) is 0.868. The Morgan fingerprint density at radius 1 is 0.833 bits per heavy atom. The summed E-state index contributed by atoms with van der Waals surface area (Å²) in [7, 11) is 0. The van der Waals surface area contributed by atoms with Gasteiger partial charge in [0.1, 0.15) is 5.82 Å². The fourth-order valence-corrected chi connectivity index (χ4v) is 2.34. The minimum atomic E-state index is -0.534. The van der Waals surface area contributed by atoms with Crippen LogP contribution in [0.15, 0.2) is 0 Å². The number of hydrogen-bond donors (Lipinski definition) is 2. The lowest BCUT2D eigenvalue weighted by Crippen LogP contribution is -2.31. The first-order chi connectivity index (χ1) is 11.0. The van der Waals surface area contributed by atoms with E-state index in [2.05, 4.69) is 20.6 Å². The number of amides is 2. The molecule has 6 heteroatoms. The molecule has 24 heavy (non-hydrogen) atoms. The zero-order valence-corrected chi connectivity index (χ0v) is 15.5. The highest BCUT2D eigenvalue weighted by atomic mass is 16.2. The van der Waals surface area contributed by atoms with Gasteiger partial charge in [0.2, 0.25) is 17.8 Å². The Morgan fingerprint density at radius 3 is 1.96 bits per heavy atom. The van der Waals surface area contributed by atoms with E-state index in [9.17, 15) is 9.59 Å². The molecule has 0 aliphatic heterocycles. The molecule has 0 saturated carbocycles. The first-order valence-electron chi connectivity index (χ1n) is 8.51. The number of rotatable bonds is 2. The maximum atomic E-state index is 12.4. The predicted molar refractivity (Wildman–Crippen MR) is 94.8 cm³/mol. The SMILES string of the molecule is CC(C)(C)C(=O)Nc1nc2c(c(NC(=O)C(C)(C)C)n1)CCCC2. The molecule has 2 rings (SSSR count). The first-order valence-corrected chi connectivity index (χ1v) is 8.51. The topological polar surface area (TPSA) is 84.0 Å². The van der Waals surface area contributed by atoms with Crippen molar-refractivity contribution in [3.05, 3.63) is 11.3 Å². The molecule has 0 aromatic carbocycles. The Labute approximate surface area is 143 Å². The van der Waals surface area contributed by atoms with Crippen molar-refractivity contribution in [1.82, 2.24) is 9.97 Å². The van der Waals surface area contributed by atoms with E-state index in [1.54, 1.807) is 0 Å². The maximum absolute atomic E-state index is 12.4. The first kappa shape index (κ1) is 18.4. The minimum Gasteiger partial charge on any atom is -0.310 e. The molecule has 1 aromatic heterocycles. The van der Waals surface area contributed by atoms with Gasteiger partial charge in [0, 0.05) is 16.4 Å². The summed E-state index contributed by atoms with van der Waals surface area (Å²) in [6.07, 6.45) is 3.81. The highest BCUT2D eigenvalue weighted by Gasteiger charge is 2.27. The second-order valence-corrected chi connectivity index (χ2v) is 8.44. The van der Waals surface area contributed by atoms with Crippen LogP contribution in [-0.4, -0.2) is 21.8 Å². The van der Waals surface area contributed by atoms with E-state index in [4.69, 9.17) is 0 Å². The molecule has 2 amide bonds. The van der Waals surface area contributed by atoms with Gasteiger partial charge < -0.3 is 5.32 Å². The van der Waals surface area contributed by atoms with Crippen molar-refractivity contribution >= 4 is 23.6 Å². The van der Waals surface area contributed by atoms with Gasteiger partial charge >= 0.3 is 0 Å². The molecule has 132 valence electrons. The monoisotopic (exact) mass is 332 g/mol. The number of fused-ring (bicyclic) bond motifs is 1. The lowest BCUT2D eigenvalue weighted by Gasteiger charge is -2.23. The zero-order chi connectivity index (χ0) is 18.1. The van der Waals surface area contributed by atoms with Crippen molar-refractivity contribution in [2.45, 2.75) is 67.2 Å². The van der Waals surface area contributed by atoms with Crippen LogP contribution in [0.1, 0.15) is 65.6 Å². The fourth-order valence-electron chi connectivity index (χ4n) is 2.34. The van der Waals surface area contributed by atoms with E-state index in [1.807, 2.05) is 41.5 Å².